The van der Waals surface area contributed by atoms with Gasteiger partial charge in [0.05, 0.1) is 22.6 Å². The highest BCUT2D eigenvalue weighted by Crippen LogP contribution is 2.34. The average molecular weight is 538 g/mol. The van der Waals surface area contributed by atoms with Crippen molar-refractivity contribution in [3.05, 3.63) is 48.0 Å². The van der Waals surface area contributed by atoms with Gasteiger partial charge in [0.1, 0.15) is 5.75 Å². The molecule has 1 heterocycles. The molecule has 200 valence electrons. The van der Waals surface area contributed by atoms with Crippen molar-refractivity contribution in [2.75, 3.05) is 51.3 Å². The van der Waals surface area contributed by atoms with Crippen LogP contribution in [-0.4, -0.2) is 71.8 Å². The number of sulfonamides is 2. The van der Waals surface area contributed by atoms with Crippen LogP contribution < -0.4 is 9.64 Å². The van der Waals surface area contributed by atoms with Gasteiger partial charge < -0.3 is 9.64 Å². The molecule has 0 radical (unpaired) electrons. The van der Waals surface area contributed by atoms with Gasteiger partial charge in [-0.25, -0.2) is 16.8 Å². The van der Waals surface area contributed by atoms with Crippen molar-refractivity contribution in [2.45, 2.75) is 56.2 Å². The Hall–Kier alpha value is -2.14. The fraction of sp³-hybridized carbons (Fsp3) is 0.538. The van der Waals surface area contributed by atoms with E-state index >= 15 is 0 Å². The molecule has 0 aliphatic carbocycles. The molecule has 0 unspecified atom stereocenters. The van der Waals surface area contributed by atoms with Gasteiger partial charge >= 0.3 is 0 Å². The first-order chi connectivity index (χ1) is 16.9. The summed E-state index contributed by atoms with van der Waals surface area (Å²) in [6.07, 6.45) is 0.960. The van der Waals surface area contributed by atoms with Crippen LogP contribution in [0, 0.1) is 0 Å². The predicted molar refractivity (Wildman–Crippen MR) is 144 cm³/mol. The fourth-order valence-electron chi connectivity index (χ4n) is 4.39. The second-order valence-corrected chi connectivity index (χ2v) is 13.5. The second-order valence-electron chi connectivity index (χ2n) is 9.58. The van der Waals surface area contributed by atoms with E-state index in [1.54, 1.807) is 37.4 Å². The lowest BCUT2D eigenvalue weighted by molar-refractivity contribution is 0.378. The number of anilines is 1. The Bertz CT molecular complexity index is 1250. The molecule has 0 amide bonds. The van der Waals surface area contributed by atoms with Crippen molar-refractivity contribution in [2.24, 2.45) is 0 Å². The summed E-state index contributed by atoms with van der Waals surface area (Å²) in [6.45, 7) is 12.2. The minimum absolute atomic E-state index is 0.0136. The summed E-state index contributed by atoms with van der Waals surface area (Å²) in [6, 6.07) is 12.0. The SMILES string of the molecule is CCN(CC)S(=O)(=O)c1ccc(OC)c(N2CCN(S(=O)(=O)c3ccc(C(C)(C)CC)cc3)CC2)c1. The van der Waals surface area contributed by atoms with Crippen molar-refractivity contribution in [3.8, 4) is 5.75 Å². The van der Waals surface area contributed by atoms with Gasteiger partial charge in [0.2, 0.25) is 20.0 Å². The van der Waals surface area contributed by atoms with Crippen LogP contribution in [0.25, 0.3) is 0 Å². The van der Waals surface area contributed by atoms with Gasteiger partial charge in [0.25, 0.3) is 0 Å². The van der Waals surface area contributed by atoms with Gasteiger partial charge in [0, 0.05) is 39.3 Å². The van der Waals surface area contributed by atoms with Crippen LogP contribution >= 0.6 is 0 Å². The van der Waals surface area contributed by atoms with E-state index in [1.807, 2.05) is 30.9 Å². The molecule has 1 fully saturated rings. The van der Waals surface area contributed by atoms with E-state index in [4.69, 9.17) is 4.74 Å². The van der Waals surface area contributed by atoms with Crippen LogP contribution in [-0.2, 0) is 25.5 Å². The van der Waals surface area contributed by atoms with Gasteiger partial charge in [-0.3, -0.25) is 0 Å². The highest BCUT2D eigenvalue weighted by atomic mass is 32.2. The number of hydrogen-bond acceptors (Lipinski definition) is 6. The molecule has 10 heteroatoms. The Morgan fingerprint density at radius 2 is 1.42 bits per heavy atom. The molecule has 1 aliphatic rings. The lowest BCUT2D eigenvalue weighted by Crippen LogP contribution is -2.48. The third kappa shape index (κ3) is 5.56. The van der Waals surface area contributed by atoms with Crippen LogP contribution in [0.5, 0.6) is 5.75 Å². The molecule has 36 heavy (non-hydrogen) atoms. The van der Waals surface area contributed by atoms with E-state index in [1.165, 1.54) is 8.61 Å². The van der Waals surface area contributed by atoms with Crippen molar-refractivity contribution in [1.29, 1.82) is 0 Å². The summed E-state index contributed by atoms with van der Waals surface area (Å²) in [5.74, 6) is 0.555. The summed E-state index contributed by atoms with van der Waals surface area (Å²) < 4.78 is 61.1. The molecule has 8 nitrogen and oxygen atoms in total. The van der Waals surface area contributed by atoms with Gasteiger partial charge in [0.15, 0.2) is 0 Å². The number of nitrogens with zero attached hydrogens (tertiary/aromatic N) is 3. The summed E-state index contributed by atoms with van der Waals surface area (Å²) in [5, 5.41) is 0. The highest BCUT2D eigenvalue weighted by Gasteiger charge is 2.31. The Morgan fingerprint density at radius 3 is 1.92 bits per heavy atom. The molecule has 1 aliphatic heterocycles. The zero-order valence-corrected chi connectivity index (χ0v) is 23.8. The standard InChI is InChI=1S/C26H39N3O5S2/c1-7-26(4,5)21-10-12-22(13-11-21)35(30,31)29-18-16-27(17-19-29)24-20-23(14-15-25(24)34-6)36(32,33)28(8-2)9-3/h10-15,20H,7-9,16-19H2,1-6H3. The molecule has 1 saturated heterocycles. The molecule has 3 rings (SSSR count). The molecule has 2 aromatic rings. The Labute approximate surface area is 217 Å². The van der Waals surface area contributed by atoms with Crippen LogP contribution in [0.15, 0.2) is 52.3 Å². The lowest BCUT2D eigenvalue weighted by atomic mass is 9.82. The van der Waals surface area contributed by atoms with E-state index < -0.39 is 20.0 Å². The topological polar surface area (TPSA) is 87.2 Å². The first-order valence-corrected chi connectivity index (χ1v) is 15.3. The summed E-state index contributed by atoms with van der Waals surface area (Å²) >= 11 is 0. The van der Waals surface area contributed by atoms with Crippen molar-refractivity contribution >= 4 is 25.7 Å². The zero-order chi connectivity index (χ0) is 26.7. The highest BCUT2D eigenvalue weighted by molar-refractivity contribution is 7.89. The minimum Gasteiger partial charge on any atom is -0.495 e. The normalized spacial score (nSPS) is 15.9. The number of ether oxygens (including phenoxy) is 1. The Morgan fingerprint density at radius 1 is 0.861 bits per heavy atom. The zero-order valence-electron chi connectivity index (χ0n) is 22.2. The maximum Gasteiger partial charge on any atom is 0.243 e. The predicted octanol–water partition coefficient (Wildman–Crippen LogP) is 3.92. The molecule has 0 atom stereocenters. The number of benzene rings is 2. The maximum atomic E-state index is 13.3. The maximum absolute atomic E-state index is 13.3. The molecule has 2 aromatic carbocycles. The van der Waals surface area contributed by atoms with Crippen molar-refractivity contribution < 1.29 is 21.6 Å². The first kappa shape index (κ1) is 28.4. The van der Waals surface area contributed by atoms with Crippen LogP contribution in [0.4, 0.5) is 5.69 Å². The number of piperazine rings is 1. The van der Waals surface area contributed by atoms with Gasteiger partial charge in [-0.2, -0.15) is 8.61 Å². The molecule has 0 N–H and O–H groups in total. The average Bonchev–Trinajstić information content (AvgIpc) is 2.89. The number of hydrogen-bond donors (Lipinski definition) is 0. The van der Waals surface area contributed by atoms with Crippen molar-refractivity contribution in [3.63, 3.8) is 0 Å². The Kier molecular flexibility index (Phi) is 8.75. The second kappa shape index (κ2) is 11.1. The molecule has 0 bridgehead atoms. The minimum atomic E-state index is -3.63. The van der Waals surface area contributed by atoms with Gasteiger partial charge in [-0.15, -0.1) is 0 Å². The quantitative estimate of drug-likeness (QED) is 0.457. The third-order valence-electron chi connectivity index (χ3n) is 7.23. The smallest absolute Gasteiger partial charge is 0.243 e. The van der Waals surface area contributed by atoms with Gasteiger partial charge in [-0.05, 0) is 47.7 Å². The summed E-state index contributed by atoms with van der Waals surface area (Å²) in [4.78, 5) is 2.47. The molecular formula is C26H39N3O5S2. The largest absolute Gasteiger partial charge is 0.495 e. The molecule has 0 aromatic heterocycles. The molecular weight excluding hydrogens is 498 g/mol. The lowest BCUT2D eigenvalue weighted by Gasteiger charge is -2.36. The van der Waals surface area contributed by atoms with Crippen molar-refractivity contribution in [1.82, 2.24) is 8.61 Å². The molecule has 0 spiro atoms. The first-order valence-electron chi connectivity index (χ1n) is 12.5. The van der Waals surface area contributed by atoms with Crippen LogP contribution in [0.3, 0.4) is 0 Å². The number of methoxy groups -OCH3 is 1. The van der Waals surface area contributed by atoms with E-state index in [-0.39, 0.29) is 15.2 Å². The van der Waals surface area contributed by atoms with E-state index in [2.05, 4.69) is 20.8 Å². The van der Waals surface area contributed by atoms with Gasteiger partial charge in [-0.1, -0.05) is 46.8 Å². The third-order valence-corrected chi connectivity index (χ3v) is 11.2. The molecule has 0 saturated carbocycles. The van der Waals surface area contributed by atoms with Crippen LogP contribution in [0.2, 0.25) is 0 Å². The monoisotopic (exact) mass is 537 g/mol. The summed E-state index contributed by atoms with van der Waals surface area (Å²) in [5.41, 5.74) is 1.75. The van der Waals surface area contributed by atoms with E-state index in [9.17, 15) is 16.8 Å². The summed E-state index contributed by atoms with van der Waals surface area (Å²) in [7, 11) is -5.71. The van der Waals surface area contributed by atoms with E-state index in [0.717, 1.165) is 12.0 Å². The number of rotatable bonds is 10. The fourth-order valence-corrected chi connectivity index (χ4v) is 7.29. The Balaban J connectivity index is 1.81. The van der Waals surface area contributed by atoms with Crippen LogP contribution in [0.1, 0.15) is 46.6 Å². The van der Waals surface area contributed by atoms with E-state index in [0.29, 0.717) is 50.7 Å².